The number of hydrogen-bond acceptors (Lipinski definition) is 4. The molecule has 0 aliphatic heterocycles. The van der Waals surface area contributed by atoms with Crippen molar-refractivity contribution in [2.24, 2.45) is 0 Å². The van der Waals surface area contributed by atoms with Crippen molar-refractivity contribution in [1.82, 2.24) is 4.72 Å². The van der Waals surface area contributed by atoms with Crippen molar-refractivity contribution in [3.8, 4) is 0 Å². The van der Waals surface area contributed by atoms with Gasteiger partial charge in [-0.1, -0.05) is 12.1 Å². The highest BCUT2D eigenvalue weighted by Gasteiger charge is 2.18. The third-order valence-corrected chi connectivity index (χ3v) is 5.64. The first-order valence-corrected chi connectivity index (χ1v) is 8.88. The van der Waals surface area contributed by atoms with Gasteiger partial charge in [-0.15, -0.1) is 11.3 Å². The monoisotopic (exact) mass is 325 g/mol. The van der Waals surface area contributed by atoms with Crippen LogP contribution in [0.3, 0.4) is 0 Å². The van der Waals surface area contributed by atoms with Crippen molar-refractivity contribution in [2.45, 2.75) is 24.8 Å². The van der Waals surface area contributed by atoms with Crippen LogP contribution in [0.5, 0.6) is 0 Å². The number of benzene rings is 1. The molecule has 0 saturated heterocycles. The summed E-state index contributed by atoms with van der Waals surface area (Å²) in [7, 11) is -1.93. The van der Waals surface area contributed by atoms with Gasteiger partial charge in [-0.25, -0.2) is 13.1 Å². The minimum atomic E-state index is -3.51. The van der Waals surface area contributed by atoms with Gasteiger partial charge in [0.15, 0.2) is 0 Å². The van der Waals surface area contributed by atoms with Crippen LogP contribution in [0.2, 0.25) is 0 Å². The van der Waals surface area contributed by atoms with Crippen molar-refractivity contribution in [2.75, 3.05) is 13.7 Å². The average Bonchev–Trinajstić information content (AvgIpc) is 2.86. The molecule has 0 fully saturated rings. The molecule has 0 aliphatic carbocycles. The number of thiophene rings is 1. The lowest BCUT2D eigenvalue weighted by molar-refractivity contribution is 0.110. The Morgan fingerprint density at radius 2 is 2.00 bits per heavy atom. The normalized spacial score (nSPS) is 13.3. The maximum Gasteiger partial charge on any atom is 0.240 e. The van der Waals surface area contributed by atoms with Gasteiger partial charge in [-0.05, 0) is 43.7 Å². The highest BCUT2D eigenvalue weighted by Crippen LogP contribution is 2.25. The van der Waals surface area contributed by atoms with E-state index in [0.29, 0.717) is 0 Å². The predicted molar refractivity (Wildman–Crippen MR) is 85.2 cm³/mol. The quantitative estimate of drug-likeness (QED) is 0.888. The number of rotatable bonds is 6. The summed E-state index contributed by atoms with van der Waals surface area (Å²) in [6, 6.07) is 10.8. The van der Waals surface area contributed by atoms with E-state index in [4.69, 9.17) is 4.74 Å². The molecular formula is C15H19NO3S2. The lowest BCUT2D eigenvalue weighted by atomic mass is 10.2. The average molecular weight is 325 g/mol. The van der Waals surface area contributed by atoms with Crippen molar-refractivity contribution in [3.05, 3.63) is 51.7 Å². The summed E-state index contributed by atoms with van der Waals surface area (Å²) < 4.78 is 32.6. The van der Waals surface area contributed by atoms with Gasteiger partial charge in [0.1, 0.15) is 6.10 Å². The van der Waals surface area contributed by atoms with Gasteiger partial charge in [0.05, 0.1) is 4.90 Å². The van der Waals surface area contributed by atoms with Crippen LogP contribution in [0, 0.1) is 13.8 Å². The van der Waals surface area contributed by atoms with Crippen LogP contribution < -0.4 is 4.72 Å². The zero-order valence-corrected chi connectivity index (χ0v) is 13.9. The summed E-state index contributed by atoms with van der Waals surface area (Å²) in [5, 5.41) is 0. The van der Waals surface area contributed by atoms with Crippen molar-refractivity contribution < 1.29 is 13.2 Å². The maximum absolute atomic E-state index is 12.3. The molecule has 1 unspecified atom stereocenters. The molecule has 1 aromatic heterocycles. The smallest absolute Gasteiger partial charge is 0.240 e. The third-order valence-electron chi connectivity index (χ3n) is 3.12. The van der Waals surface area contributed by atoms with Crippen LogP contribution in [-0.4, -0.2) is 22.1 Å². The first kappa shape index (κ1) is 16.2. The highest BCUT2D eigenvalue weighted by atomic mass is 32.2. The van der Waals surface area contributed by atoms with Crippen molar-refractivity contribution in [3.63, 3.8) is 0 Å². The van der Waals surface area contributed by atoms with E-state index in [2.05, 4.69) is 4.72 Å². The van der Waals surface area contributed by atoms with Gasteiger partial charge in [0.2, 0.25) is 10.0 Å². The van der Waals surface area contributed by atoms with E-state index in [1.807, 2.05) is 32.0 Å². The molecule has 0 aliphatic rings. The molecule has 0 radical (unpaired) electrons. The first-order valence-electron chi connectivity index (χ1n) is 6.58. The van der Waals surface area contributed by atoms with E-state index in [-0.39, 0.29) is 17.5 Å². The summed E-state index contributed by atoms with van der Waals surface area (Å²) in [6.07, 6.45) is -0.275. The lowest BCUT2D eigenvalue weighted by Crippen LogP contribution is -2.29. The molecule has 114 valence electrons. The molecule has 1 heterocycles. The van der Waals surface area contributed by atoms with Gasteiger partial charge in [-0.2, -0.15) is 0 Å². The van der Waals surface area contributed by atoms with Gasteiger partial charge in [-0.3, -0.25) is 0 Å². The molecule has 0 amide bonds. The van der Waals surface area contributed by atoms with Crippen LogP contribution >= 0.6 is 11.3 Å². The molecule has 2 aromatic rings. The van der Waals surface area contributed by atoms with Crippen LogP contribution in [0.4, 0.5) is 0 Å². The van der Waals surface area contributed by atoms with E-state index >= 15 is 0 Å². The van der Waals surface area contributed by atoms with Gasteiger partial charge in [0.25, 0.3) is 0 Å². The second-order valence-corrected chi connectivity index (χ2v) is 7.93. The molecule has 1 atom stereocenters. The Kier molecular flexibility index (Phi) is 5.16. The van der Waals surface area contributed by atoms with Gasteiger partial charge in [0, 0.05) is 23.4 Å². The highest BCUT2D eigenvalue weighted by molar-refractivity contribution is 7.89. The summed E-state index contributed by atoms with van der Waals surface area (Å²) in [5.74, 6) is 0. The number of sulfonamides is 1. The molecule has 6 heteroatoms. The van der Waals surface area contributed by atoms with E-state index in [9.17, 15) is 8.42 Å². The molecule has 0 bridgehead atoms. The largest absolute Gasteiger partial charge is 0.375 e. The van der Waals surface area contributed by atoms with Crippen LogP contribution in [0.25, 0.3) is 0 Å². The maximum atomic E-state index is 12.3. The molecule has 2 rings (SSSR count). The minimum Gasteiger partial charge on any atom is -0.375 e. The summed E-state index contributed by atoms with van der Waals surface area (Å²) in [5.41, 5.74) is 0.912. The predicted octanol–water partition coefficient (Wildman–Crippen LogP) is 3.03. The van der Waals surface area contributed by atoms with E-state index in [1.54, 1.807) is 36.6 Å². The summed E-state index contributed by atoms with van der Waals surface area (Å²) in [4.78, 5) is 2.47. The lowest BCUT2D eigenvalue weighted by Gasteiger charge is -2.15. The molecular weight excluding hydrogens is 306 g/mol. The van der Waals surface area contributed by atoms with Gasteiger partial charge < -0.3 is 4.74 Å². The minimum absolute atomic E-state index is 0.215. The Morgan fingerprint density at radius 1 is 1.24 bits per heavy atom. The molecule has 0 saturated carbocycles. The fourth-order valence-electron chi connectivity index (χ4n) is 1.98. The SMILES string of the molecule is COC(CNS(=O)(=O)c1cccc(C)c1)c1ccc(C)s1. The van der Waals surface area contributed by atoms with Crippen molar-refractivity contribution >= 4 is 21.4 Å². The summed E-state index contributed by atoms with van der Waals surface area (Å²) >= 11 is 1.61. The number of methoxy groups -OCH3 is 1. The number of hydrogen-bond donors (Lipinski definition) is 1. The topological polar surface area (TPSA) is 55.4 Å². The second kappa shape index (κ2) is 6.70. The fraction of sp³-hybridized carbons (Fsp3) is 0.333. The Balaban J connectivity index is 2.10. The number of nitrogens with one attached hydrogen (secondary N) is 1. The molecule has 1 aromatic carbocycles. The first-order chi connectivity index (χ1) is 9.92. The Bertz CT molecular complexity index is 707. The van der Waals surface area contributed by atoms with Crippen LogP contribution in [-0.2, 0) is 14.8 Å². The van der Waals surface area contributed by atoms with Gasteiger partial charge >= 0.3 is 0 Å². The Hall–Kier alpha value is -1.21. The van der Waals surface area contributed by atoms with Crippen LogP contribution in [0.15, 0.2) is 41.3 Å². The zero-order valence-electron chi connectivity index (χ0n) is 12.3. The third kappa shape index (κ3) is 4.14. The molecule has 4 nitrogen and oxygen atoms in total. The Morgan fingerprint density at radius 3 is 2.57 bits per heavy atom. The zero-order chi connectivity index (χ0) is 15.5. The molecule has 21 heavy (non-hydrogen) atoms. The van der Waals surface area contributed by atoms with Crippen LogP contribution in [0.1, 0.15) is 21.4 Å². The number of aryl methyl sites for hydroxylation is 2. The van der Waals surface area contributed by atoms with E-state index < -0.39 is 10.0 Å². The van der Waals surface area contributed by atoms with Crippen molar-refractivity contribution in [1.29, 1.82) is 0 Å². The Labute approximate surface area is 129 Å². The van der Waals surface area contributed by atoms with E-state index in [0.717, 1.165) is 10.4 Å². The molecule has 0 spiro atoms. The van der Waals surface area contributed by atoms with E-state index in [1.165, 1.54) is 4.88 Å². The number of ether oxygens (including phenoxy) is 1. The standard InChI is InChI=1S/C15H19NO3S2/c1-11-5-4-6-13(9-11)21(17,18)16-10-14(19-3)15-8-7-12(2)20-15/h4-9,14,16H,10H2,1-3H3. The fourth-order valence-corrected chi connectivity index (χ4v) is 4.07. The summed E-state index contributed by atoms with van der Waals surface area (Å²) in [6.45, 7) is 4.09. The molecule has 1 N–H and O–H groups in total. The second-order valence-electron chi connectivity index (χ2n) is 4.84.